The van der Waals surface area contributed by atoms with Gasteiger partial charge in [-0.25, -0.2) is 4.39 Å². The summed E-state index contributed by atoms with van der Waals surface area (Å²) in [6.07, 6.45) is 1.70. The molecule has 6 heteroatoms. The SMILES string of the molecule is Nc1ccc2c(c1)N(Cc1ccccc1F)C(=O)/C(=C\c1cccs1)O2. The van der Waals surface area contributed by atoms with Crippen LogP contribution in [0.4, 0.5) is 15.8 Å². The molecule has 2 aromatic carbocycles. The first-order chi connectivity index (χ1) is 12.6. The zero-order valence-electron chi connectivity index (χ0n) is 13.7. The number of anilines is 2. The monoisotopic (exact) mass is 366 g/mol. The number of benzene rings is 2. The van der Waals surface area contributed by atoms with E-state index in [2.05, 4.69) is 0 Å². The van der Waals surface area contributed by atoms with E-state index < -0.39 is 0 Å². The van der Waals surface area contributed by atoms with Crippen LogP contribution in [-0.4, -0.2) is 5.91 Å². The second-order valence-corrected chi connectivity index (χ2v) is 6.82. The van der Waals surface area contributed by atoms with Crippen LogP contribution in [0.2, 0.25) is 0 Å². The van der Waals surface area contributed by atoms with E-state index in [1.807, 2.05) is 17.5 Å². The number of nitrogen functional groups attached to an aromatic ring is 1. The lowest BCUT2D eigenvalue weighted by Gasteiger charge is -2.31. The maximum absolute atomic E-state index is 14.1. The molecule has 130 valence electrons. The average Bonchev–Trinajstić information content (AvgIpc) is 3.14. The molecule has 1 aliphatic rings. The molecule has 1 amide bonds. The van der Waals surface area contributed by atoms with Gasteiger partial charge in [0, 0.05) is 22.2 Å². The van der Waals surface area contributed by atoms with Gasteiger partial charge in [-0.15, -0.1) is 11.3 Å². The van der Waals surface area contributed by atoms with Gasteiger partial charge in [0.25, 0.3) is 5.91 Å². The zero-order valence-corrected chi connectivity index (χ0v) is 14.5. The lowest BCUT2D eigenvalue weighted by molar-refractivity contribution is -0.117. The molecule has 0 unspecified atom stereocenters. The van der Waals surface area contributed by atoms with Gasteiger partial charge in [-0.2, -0.15) is 0 Å². The van der Waals surface area contributed by atoms with Crippen LogP contribution in [-0.2, 0) is 11.3 Å². The summed E-state index contributed by atoms with van der Waals surface area (Å²) < 4.78 is 19.9. The summed E-state index contributed by atoms with van der Waals surface area (Å²) in [4.78, 5) is 15.4. The number of carbonyl (C=O) groups is 1. The second kappa shape index (κ2) is 6.65. The maximum Gasteiger partial charge on any atom is 0.294 e. The molecule has 0 aliphatic carbocycles. The van der Waals surface area contributed by atoms with E-state index in [9.17, 15) is 9.18 Å². The van der Waals surface area contributed by atoms with Crippen LogP contribution >= 0.6 is 11.3 Å². The molecule has 2 heterocycles. The topological polar surface area (TPSA) is 55.6 Å². The van der Waals surface area contributed by atoms with Crippen molar-refractivity contribution in [1.82, 2.24) is 0 Å². The Labute approximate surface area is 153 Å². The molecule has 4 rings (SSSR count). The molecule has 0 fully saturated rings. The maximum atomic E-state index is 14.1. The minimum Gasteiger partial charge on any atom is -0.449 e. The van der Waals surface area contributed by atoms with E-state index in [4.69, 9.17) is 10.5 Å². The summed E-state index contributed by atoms with van der Waals surface area (Å²) in [5.41, 5.74) is 7.33. The Morgan fingerprint density at radius 3 is 2.77 bits per heavy atom. The number of nitrogens with zero attached hydrogens (tertiary/aromatic N) is 1. The lowest BCUT2D eigenvalue weighted by Crippen LogP contribution is -2.37. The highest BCUT2D eigenvalue weighted by molar-refractivity contribution is 7.10. The fourth-order valence-electron chi connectivity index (χ4n) is 2.78. The second-order valence-electron chi connectivity index (χ2n) is 5.84. The molecule has 0 atom stereocenters. The summed E-state index contributed by atoms with van der Waals surface area (Å²) in [5.74, 6) is 0.0137. The van der Waals surface area contributed by atoms with Crippen LogP contribution in [0, 0.1) is 5.82 Å². The van der Waals surface area contributed by atoms with Gasteiger partial charge in [-0.1, -0.05) is 24.3 Å². The smallest absolute Gasteiger partial charge is 0.294 e. The third-order valence-electron chi connectivity index (χ3n) is 4.05. The van der Waals surface area contributed by atoms with Crippen LogP contribution < -0.4 is 15.4 Å². The molecular weight excluding hydrogens is 351 g/mol. The van der Waals surface area contributed by atoms with Crippen molar-refractivity contribution in [2.45, 2.75) is 6.54 Å². The van der Waals surface area contributed by atoms with Gasteiger partial charge in [-0.3, -0.25) is 9.69 Å². The summed E-state index contributed by atoms with van der Waals surface area (Å²) in [6, 6.07) is 15.3. The first-order valence-corrected chi connectivity index (χ1v) is 8.87. The van der Waals surface area contributed by atoms with E-state index in [1.165, 1.54) is 22.3 Å². The molecule has 0 saturated carbocycles. The lowest BCUT2D eigenvalue weighted by atomic mass is 10.1. The van der Waals surface area contributed by atoms with Gasteiger partial charge >= 0.3 is 0 Å². The van der Waals surface area contributed by atoms with Crippen molar-refractivity contribution in [1.29, 1.82) is 0 Å². The molecule has 0 spiro atoms. The van der Waals surface area contributed by atoms with Gasteiger partial charge in [-0.05, 0) is 35.7 Å². The van der Waals surface area contributed by atoms with Crippen LogP contribution in [0.15, 0.2) is 65.7 Å². The van der Waals surface area contributed by atoms with Gasteiger partial charge in [0.2, 0.25) is 0 Å². The molecule has 4 nitrogen and oxygen atoms in total. The fraction of sp³-hybridized carbons (Fsp3) is 0.0500. The van der Waals surface area contributed by atoms with Crippen molar-refractivity contribution in [3.05, 3.63) is 82.0 Å². The van der Waals surface area contributed by atoms with E-state index in [0.717, 1.165) is 4.88 Å². The van der Waals surface area contributed by atoms with Crippen LogP contribution in [0.3, 0.4) is 0 Å². The first-order valence-electron chi connectivity index (χ1n) is 7.99. The van der Waals surface area contributed by atoms with Crippen molar-refractivity contribution in [2.75, 3.05) is 10.6 Å². The van der Waals surface area contributed by atoms with Crippen LogP contribution in [0.1, 0.15) is 10.4 Å². The molecule has 0 bridgehead atoms. The first kappa shape index (κ1) is 16.4. The molecule has 0 saturated heterocycles. The molecule has 2 N–H and O–H groups in total. The minimum atomic E-state index is -0.360. The number of thiophene rings is 1. The minimum absolute atomic E-state index is 0.0904. The number of rotatable bonds is 3. The fourth-order valence-corrected chi connectivity index (χ4v) is 3.43. The number of fused-ring (bicyclic) bond motifs is 1. The quantitative estimate of drug-likeness (QED) is 0.551. The number of amides is 1. The van der Waals surface area contributed by atoms with E-state index >= 15 is 0 Å². The highest BCUT2D eigenvalue weighted by atomic mass is 32.1. The van der Waals surface area contributed by atoms with Crippen molar-refractivity contribution < 1.29 is 13.9 Å². The number of carbonyl (C=O) groups excluding carboxylic acids is 1. The Kier molecular flexibility index (Phi) is 4.18. The van der Waals surface area contributed by atoms with Crippen molar-refractivity contribution in [3.63, 3.8) is 0 Å². The van der Waals surface area contributed by atoms with E-state index in [0.29, 0.717) is 22.7 Å². The Morgan fingerprint density at radius 1 is 1.15 bits per heavy atom. The standard InChI is InChI=1S/C20H15FN2O2S/c21-16-6-2-1-4-13(16)12-23-17-10-14(22)7-8-18(17)25-19(20(23)24)11-15-5-3-9-26-15/h1-11H,12,22H2/b19-11+. The van der Waals surface area contributed by atoms with Gasteiger partial charge in [0.15, 0.2) is 11.5 Å². The summed E-state index contributed by atoms with van der Waals surface area (Å²) in [6.45, 7) is 0.0904. The Bertz CT molecular complexity index is 999. The normalized spacial score (nSPS) is 15.0. The Morgan fingerprint density at radius 2 is 2.00 bits per heavy atom. The molecule has 1 aromatic heterocycles. The van der Waals surface area contributed by atoms with E-state index in [1.54, 1.807) is 42.5 Å². The number of nitrogens with two attached hydrogens (primary N) is 1. The molecule has 3 aromatic rings. The van der Waals surface area contributed by atoms with Crippen molar-refractivity contribution >= 4 is 34.7 Å². The number of hydrogen-bond acceptors (Lipinski definition) is 4. The number of halogens is 1. The summed E-state index contributed by atoms with van der Waals surface area (Å²) in [5, 5.41) is 1.92. The summed E-state index contributed by atoms with van der Waals surface area (Å²) >= 11 is 1.50. The van der Waals surface area contributed by atoms with Gasteiger partial charge in [0.1, 0.15) is 5.82 Å². The van der Waals surface area contributed by atoms with Gasteiger partial charge in [0.05, 0.1) is 12.2 Å². The van der Waals surface area contributed by atoms with Crippen LogP contribution in [0.5, 0.6) is 5.75 Å². The highest BCUT2D eigenvalue weighted by Crippen LogP contribution is 2.38. The van der Waals surface area contributed by atoms with E-state index in [-0.39, 0.29) is 24.0 Å². The molecule has 0 radical (unpaired) electrons. The predicted molar refractivity (Wildman–Crippen MR) is 101 cm³/mol. The Hall–Kier alpha value is -3.12. The highest BCUT2D eigenvalue weighted by Gasteiger charge is 2.31. The van der Waals surface area contributed by atoms with Crippen molar-refractivity contribution in [2.24, 2.45) is 0 Å². The average molecular weight is 366 g/mol. The van der Waals surface area contributed by atoms with Crippen LogP contribution in [0.25, 0.3) is 6.08 Å². The molecule has 1 aliphatic heterocycles. The zero-order chi connectivity index (χ0) is 18.1. The summed E-state index contributed by atoms with van der Waals surface area (Å²) in [7, 11) is 0. The molecular formula is C20H15FN2O2S. The Balaban J connectivity index is 1.78. The van der Waals surface area contributed by atoms with Gasteiger partial charge < -0.3 is 10.5 Å². The van der Waals surface area contributed by atoms with Crippen molar-refractivity contribution in [3.8, 4) is 5.75 Å². The number of hydrogen-bond donors (Lipinski definition) is 1. The third-order valence-corrected chi connectivity index (χ3v) is 4.87. The predicted octanol–water partition coefficient (Wildman–Crippen LogP) is 4.44. The largest absolute Gasteiger partial charge is 0.449 e. The third kappa shape index (κ3) is 3.07. The molecule has 26 heavy (non-hydrogen) atoms. The number of ether oxygens (including phenoxy) is 1.